The molecular weight excluding hydrogens is 658 g/mol. The lowest BCUT2D eigenvalue weighted by molar-refractivity contribution is -0.149. The number of hydrogen-bond acceptors (Lipinski definition) is 9. The Balaban J connectivity index is 0.00000168. The van der Waals surface area contributed by atoms with Crippen LogP contribution in [0.3, 0.4) is 0 Å². The van der Waals surface area contributed by atoms with Crippen LogP contribution in [0.25, 0.3) is 0 Å². The third-order valence-electron chi connectivity index (χ3n) is 8.50. The molecule has 4 unspecified atom stereocenters. The third-order valence-corrected chi connectivity index (χ3v) is 8.50. The number of furan rings is 1. The molecule has 0 spiro atoms. The van der Waals surface area contributed by atoms with Gasteiger partial charge in [0.2, 0.25) is 17.6 Å². The van der Waals surface area contributed by atoms with Gasteiger partial charge in [-0.3, -0.25) is 19.2 Å². The summed E-state index contributed by atoms with van der Waals surface area (Å²) >= 11 is 0. The minimum atomic E-state index is -1.03. The summed E-state index contributed by atoms with van der Waals surface area (Å²) in [5.74, 6) is -3.08. The number of aliphatic hydroxyl groups is 1. The van der Waals surface area contributed by atoms with Gasteiger partial charge in [-0.15, -0.1) is 6.58 Å². The van der Waals surface area contributed by atoms with Crippen LogP contribution < -0.4 is 21.3 Å². The van der Waals surface area contributed by atoms with E-state index in [4.69, 9.17) is 14.3 Å². The van der Waals surface area contributed by atoms with Crippen molar-refractivity contribution in [3.63, 3.8) is 0 Å². The van der Waals surface area contributed by atoms with Gasteiger partial charge in [0.25, 0.3) is 5.91 Å². The van der Waals surface area contributed by atoms with E-state index in [0.29, 0.717) is 31.6 Å². The second kappa shape index (κ2) is 21.2. The number of ether oxygens (including phenoxy) is 1. The fourth-order valence-corrected chi connectivity index (χ4v) is 6.01. The van der Waals surface area contributed by atoms with Crippen molar-refractivity contribution in [3.05, 3.63) is 36.8 Å². The van der Waals surface area contributed by atoms with Crippen LogP contribution >= 0.6 is 0 Å². The number of Topliss-reactive ketones (excluding diaryl/α,β-unsaturated/α-hetero) is 1. The van der Waals surface area contributed by atoms with Crippen molar-refractivity contribution in [2.45, 2.75) is 136 Å². The monoisotopic (exact) mass is 717 g/mol. The van der Waals surface area contributed by atoms with Crippen LogP contribution in [0.1, 0.15) is 105 Å². The Hall–Kier alpha value is -4.20. The summed E-state index contributed by atoms with van der Waals surface area (Å²) in [4.78, 5) is 80.4. The predicted molar refractivity (Wildman–Crippen MR) is 191 cm³/mol. The molecule has 1 aromatic heterocycles. The van der Waals surface area contributed by atoms with Crippen molar-refractivity contribution in [2.24, 2.45) is 11.8 Å². The third kappa shape index (κ3) is 14.9. The molecule has 1 aromatic rings. The van der Waals surface area contributed by atoms with E-state index in [9.17, 15) is 28.8 Å². The molecular formula is C37H59N5O9. The molecule has 51 heavy (non-hydrogen) atoms. The van der Waals surface area contributed by atoms with Crippen LogP contribution in [0.4, 0.5) is 4.79 Å². The first-order valence-corrected chi connectivity index (χ1v) is 18.1. The first kappa shape index (κ1) is 43.0. The highest BCUT2D eigenvalue weighted by atomic mass is 16.5. The minimum absolute atomic E-state index is 0.0792. The minimum Gasteiger partial charge on any atom is -0.466 e. The molecule has 286 valence electrons. The van der Waals surface area contributed by atoms with Gasteiger partial charge in [0.15, 0.2) is 0 Å². The van der Waals surface area contributed by atoms with E-state index in [1.165, 1.54) is 17.2 Å². The molecule has 1 saturated heterocycles. The topological polar surface area (TPSA) is 196 Å². The van der Waals surface area contributed by atoms with E-state index >= 15 is 0 Å². The normalized spacial score (nSPS) is 18.0. The molecule has 14 heteroatoms. The van der Waals surface area contributed by atoms with Crippen LogP contribution in [-0.4, -0.2) is 88.4 Å². The SMILES string of the molecule is C=CCNC(=O)C(=O)C(CCC)NC(=O)C1CCCN1C(=O)C(NC(=O)NC(C(=O)OCc1ccco1)C(C)C)C1CCCCC1.CC(C)(C)O. The summed E-state index contributed by atoms with van der Waals surface area (Å²) < 4.78 is 10.6. The van der Waals surface area contributed by atoms with E-state index in [1.807, 2.05) is 6.92 Å². The second-order valence-corrected chi connectivity index (χ2v) is 14.5. The molecule has 4 atom stereocenters. The lowest BCUT2D eigenvalue weighted by atomic mass is 9.83. The molecule has 0 bridgehead atoms. The van der Waals surface area contributed by atoms with E-state index in [0.717, 1.165) is 32.1 Å². The van der Waals surface area contributed by atoms with Crippen molar-refractivity contribution < 1.29 is 43.0 Å². The van der Waals surface area contributed by atoms with E-state index < -0.39 is 59.4 Å². The number of likely N-dealkylation sites (tertiary alicyclic amines) is 1. The Kier molecular flexibility index (Phi) is 17.9. The van der Waals surface area contributed by atoms with Crippen molar-refractivity contribution >= 4 is 35.5 Å². The van der Waals surface area contributed by atoms with Gasteiger partial charge in [0.1, 0.15) is 30.5 Å². The average Bonchev–Trinajstić information content (AvgIpc) is 3.79. The molecule has 1 aliphatic heterocycles. The fourth-order valence-electron chi connectivity index (χ4n) is 6.01. The van der Waals surface area contributed by atoms with Gasteiger partial charge in [-0.2, -0.15) is 0 Å². The van der Waals surface area contributed by atoms with Gasteiger partial charge in [-0.1, -0.05) is 52.5 Å². The highest BCUT2D eigenvalue weighted by Crippen LogP contribution is 2.29. The lowest BCUT2D eigenvalue weighted by Crippen LogP contribution is -2.60. The molecule has 5 amide bonds. The summed E-state index contributed by atoms with van der Waals surface area (Å²) in [7, 11) is 0. The molecule has 2 heterocycles. The number of ketones is 1. The van der Waals surface area contributed by atoms with E-state index in [-0.39, 0.29) is 37.3 Å². The summed E-state index contributed by atoms with van der Waals surface area (Å²) in [5.41, 5.74) is -0.500. The van der Waals surface area contributed by atoms with Crippen LogP contribution in [0, 0.1) is 11.8 Å². The lowest BCUT2D eigenvalue weighted by Gasteiger charge is -2.35. The Morgan fingerprint density at radius 1 is 1.04 bits per heavy atom. The molecule has 2 fully saturated rings. The Bertz CT molecular complexity index is 1300. The van der Waals surface area contributed by atoms with Gasteiger partial charge < -0.3 is 40.4 Å². The number of amides is 5. The smallest absolute Gasteiger partial charge is 0.329 e. The molecule has 0 radical (unpaired) electrons. The number of hydrogen-bond donors (Lipinski definition) is 5. The van der Waals surface area contributed by atoms with Crippen molar-refractivity contribution in [2.75, 3.05) is 13.1 Å². The van der Waals surface area contributed by atoms with E-state index in [1.54, 1.807) is 46.8 Å². The summed E-state index contributed by atoms with van der Waals surface area (Å²) in [5, 5.41) is 19.2. The maximum Gasteiger partial charge on any atom is 0.329 e. The molecule has 1 saturated carbocycles. The average molecular weight is 718 g/mol. The number of carbonyl (C=O) groups excluding carboxylic acids is 6. The van der Waals surface area contributed by atoms with Crippen molar-refractivity contribution in [3.8, 4) is 0 Å². The quantitative estimate of drug-likeness (QED) is 0.0966. The Morgan fingerprint density at radius 2 is 1.71 bits per heavy atom. The highest BCUT2D eigenvalue weighted by molar-refractivity contribution is 6.38. The maximum absolute atomic E-state index is 14.1. The number of esters is 1. The second-order valence-electron chi connectivity index (χ2n) is 14.5. The number of urea groups is 1. The zero-order valence-electron chi connectivity index (χ0n) is 31.1. The molecule has 2 aliphatic rings. The largest absolute Gasteiger partial charge is 0.466 e. The zero-order chi connectivity index (χ0) is 38.1. The molecule has 3 rings (SSSR count). The van der Waals surface area contributed by atoms with Crippen LogP contribution in [-0.2, 0) is 35.3 Å². The summed E-state index contributed by atoms with van der Waals surface area (Å²) in [6, 6.07) is -1.11. The first-order chi connectivity index (χ1) is 24.1. The Morgan fingerprint density at radius 3 is 2.27 bits per heavy atom. The standard InChI is InChI=1S/C33H49N5O8.C4H10O/c1-5-12-24(28(39)30(41)34-17-6-2)35-29(40)25-16-10-18-38(25)31(42)27(22-13-8-7-9-14-22)37-33(44)36-26(21(3)4)32(43)46-20-23-15-11-19-45-23;1-4(2,3)5/h6,11,15,19,21-22,24-27H,2,5,7-10,12-14,16-18,20H2,1,3-4H3,(H,34,41)(H,35,40)(H2,36,37,44);5H,1-3H3. The highest BCUT2D eigenvalue weighted by Gasteiger charge is 2.42. The molecule has 5 N–H and O–H groups in total. The van der Waals surface area contributed by atoms with Crippen LogP contribution in [0.5, 0.6) is 0 Å². The number of nitrogens with one attached hydrogen (secondary N) is 4. The molecule has 0 aromatic carbocycles. The van der Waals surface area contributed by atoms with E-state index in [2.05, 4.69) is 27.8 Å². The summed E-state index contributed by atoms with van der Waals surface area (Å²) in [6.07, 6.45) is 8.99. The molecule has 14 nitrogen and oxygen atoms in total. The maximum atomic E-state index is 14.1. The van der Waals surface area contributed by atoms with Crippen molar-refractivity contribution in [1.82, 2.24) is 26.2 Å². The summed E-state index contributed by atoms with van der Waals surface area (Å²) in [6.45, 7) is 14.5. The van der Waals surface area contributed by atoms with Gasteiger partial charge in [-0.05, 0) is 76.8 Å². The van der Waals surface area contributed by atoms with Crippen LogP contribution in [0.2, 0.25) is 0 Å². The Labute approximate surface area is 301 Å². The fraction of sp³-hybridized carbons (Fsp3) is 0.676. The molecule has 1 aliphatic carbocycles. The van der Waals surface area contributed by atoms with Gasteiger partial charge in [0, 0.05) is 13.1 Å². The number of rotatable bonds is 16. The van der Waals surface area contributed by atoms with Gasteiger partial charge >= 0.3 is 12.0 Å². The van der Waals surface area contributed by atoms with Crippen molar-refractivity contribution in [1.29, 1.82) is 0 Å². The van der Waals surface area contributed by atoms with Gasteiger partial charge in [0.05, 0.1) is 17.9 Å². The van der Waals surface area contributed by atoms with Gasteiger partial charge in [-0.25, -0.2) is 9.59 Å². The predicted octanol–water partition coefficient (Wildman–Crippen LogP) is 3.52. The zero-order valence-corrected chi connectivity index (χ0v) is 31.1. The first-order valence-electron chi connectivity index (χ1n) is 18.1. The number of nitrogens with zero attached hydrogens (tertiary/aromatic N) is 1. The van der Waals surface area contributed by atoms with Crippen LogP contribution in [0.15, 0.2) is 35.5 Å². The number of carbonyl (C=O) groups is 6.